The lowest BCUT2D eigenvalue weighted by molar-refractivity contribution is -0.145. The zero-order valence-electron chi connectivity index (χ0n) is 10.9. The van der Waals surface area contributed by atoms with Gasteiger partial charge < -0.3 is 19.5 Å². The van der Waals surface area contributed by atoms with E-state index in [1.165, 1.54) is 7.11 Å². The summed E-state index contributed by atoms with van der Waals surface area (Å²) < 4.78 is 15.8. The van der Waals surface area contributed by atoms with Crippen LogP contribution in [0.1, 0.15) is 25.7 Å². The van der Waals surface area contributed by atoms with Crippen molar-refractivity contribution in [2.24, 2.45) is 0 Å². The van der Waals surface area contributed by atoms with Crippen LogP contribution in [0.5, 0.6) is 0 Å². The second kappa shape index (κ2) is 7.63. The van der Waals surface area contributed by atoms with Crippen LogP contribution in [-0.4, -0.2) is 52.1 Å². The highest BCUT2D eigenvalue weighted by Gasteiger charge is 2.24. The molecule has 1 saturated carbocycles. The maximum atomic E-state index is 11.3. The Morgan fingerprint density at radius 2 is 2.06 bits per heavy atom. The molecule has 0 aromatic heterocycles. The van der Waals surface area contributed by atoms with Crippen molar-refractivity contribution in [3.8, 4) is 0 Å². The van der Waals surface area contributed by atoms with Crippen molar-refractivity contribution in [2.45, 2.75) is 43.9 Å². The number of nitrogens with one attached hydrogen (secondary N) is 1. The maximum Gasteiger partial charge on any atom is 0.325 e. The summed E-state index contributed by atoms with van der Waals surface area (Å²) in [7, 11) is 4.84. The van der Waals surface area contributed by atoms with Gasteiger partial charge in [-0.15, -0.1) is 0 Å². The van der Waals surface area contributed by atoms with E-state index in [2.05, 4.69) is 10.1 Å². The van der Waals surface area contributed by atoms with Crippen LogP contribution in [0.2, 0.25) is 0 Å². The minimum absolute atomic E-state index is 0.189. The first kappa shape index (κ1) is 14.4. The van der Waals surface area contributed by atoms with Crippen molar-refractivity contribution < 1.29 is 19.0 Å². The minimum atomic E-state index is -0.386. The number of hydrogen-bond acceptors (Lipinski definition) is 5. The number of methoxy groups -OCH3 is 2. The second-order valence-electron chi connectivity index (χ2n) is 4.34. The van der Waals surface area contributed by atoms with Gasteiger partial charge in [0.05, 0.1) is 25.9 Å². The van der Waals surface area contributed by atoms with E-state index >= 15 is 0 Å². The molecule has 0 bridgehead atoms. The first-order valence-electron chi connectivity index (χ1n) is 6.10. The summed E-state index contributed by atoms with van der Waals surface area (Å²) in [4.78, 5) is 11.3. The number of hydrogen-bond donors (Lipinski definition) is 1. The van der Waals surface area contributed by atoms with Crippen LogP contribution in [0.4, 0.5) is 0 Å². The van der Waals surface area contributed by atoms with Crippen molar-refractivity contribution >= 4 is 5.97 Å². The quantitative estimate of drug-likeness (QED) is 0.699. The van der Waals surface area contributed by atoms with E-state index in [9.17, 15) is 4.79 Å². The summed E-state index contributed by atoms with van der Waals surface area (Å²) >= 11 is 0. The van der Waals surface area contributed by atoms with Gasteiger partial charge in [-0.3, -0.25) is 4.79 Å². The Labute approximate surface area is 103 Å². The molecule has 5 heteroatoms. The molecule has 0 spiro atoms. The molecule has 5 nitrogen and oxygen atoms in total. The monoisotopic (exact) mass is 245 g/mol. The predicted octanol–water partition coefficient (Wildman–Crippen LogP) is 0.722. The lowest BCUT2D eigenvalue weighted by Crippen LogP contribution is -2.41. The Morgan fingerprint density at radius 3 is 2.65 bits per heavy atom. The number of carbonyl (C=O) groups excluding carboxylic acids is 1. The molecule has 3 unspecified atom stereocenters. The third-order valence-electron chi connectivity index (χ3n) is 3.24. The third-order valence-corrected chi connectivity index (χ3v) is 3.24. The summed E-state index contributed by atoms with van der Waals surface area (Å²) in [5.41, 5.74) is 0. The van der Waals surface area contributed by atoms with Gasteiger partial charge in [0.1, 0.15) is 6.04 Å². The molecule has 0 amide bonds. The van der Waals surface area contributed by atoms with E-state index in [-0.39, 0.29) is 18.1 Å². The SMILES string of the molecule is CNC(COC1CCCC(OC)C1)C(=O)OC. The van der Waals surface area contributed by atoms with E-state index in [4.69, 9.17) is 9.47 Å². The molecule has 0 radical (unpaired) electrons. The lowest BCUT2D eigenvalue weighted by Gasteiger charge is -2.29. The molecule has 1 aliphatic rings. The average Bonchev–Trinajstić information content (AvgIpc) is 2.39. The molecule has 3 atom stereocenters. The number of ether oxygens (including phenoxy) is 3. The van der Waals surface area contributed by atoms with Crippen molar-refractivity contribution in [3.63, 3.8) is 0 Å². The summed E-state index contributed by atoms with van der Waals surface area (Å²) in [6.45, 7) is 0.351. The van der Waals surface area contributed by atoms with E-state index in [1.807, 2.05) is 0 Å². The summed E-state index contributed by atoms with van der Waals surface area (Å²) in [5.74, 6) is -0.286. The number of rotatable bonds is 6. The van der Waals surface area contributed by atoms with Gasteiger partial charge in [0.2, 0.25) is 0 Å². The molecule has 1 rings (SSSR count). The molecule has 17 heavy (non-hydrogen) atoms. The van der Waals surface area contributed by atoms with Crippen LogP contribution >= 0.6 is 0 Å². The molecule has 0 aromatic carbocycles. The van der Waals surface area contributed by atoms with Crippen LogP contribution < -0.4 is 5.32 Å². The molecule has 0 aromatic rings. The van der Waals surface area contributed by atoms with E-state index in [0.29, 0.717) is 12.7 Å². The highest BCUT2D eigenvalue weighted by Crippen LogP contribution is 2.23. The van der Waals surface area contributed by atoms with Gasteiger partial charge in [0, 0.05) is 7.11 Å². The first-order valence-corrected chi connectivity index (χ1v) is 6.10. The van der Waals surface area contributed by atoms with Gasteiger partial charge in [-0.05, 0) is 32.7 Å². The molecular formula is C12H23NO4. The zero-order chi connectivity index (χ0) is 12.7. The maximum absolute atomic E-state index is 11.3. The number of esters is 1. The summed E-state index contributed by atoms with van der Waals surface area (Å²) in [6, 6.07) is -0.386. The van der Waals surface area contributed by atoms with Gasteiger partial charge in [-0.1, -0.05) is 0 Å². The Kier molecular flexibility index (Phi) is 6.47. The normalized spacial score (nSPS) is 26.5. The largest absolute Gasteiger partial charge is 0.468 e. The standard InChI is InChI=1S/C12H23NO4/c1-13-11(12(14)16-3)8-17-10-6-4-5-9(7-10)15-2/h9-11,13H,4-8H2,1-3H3. The highest BCUT2D eigenvalue weighted by molar-refractivity contribution is 5.75. The fourth-order valence-corrected chi connectivity index (χ4v) is 2.11. The average molecular weight is 245 g/mol. The molecule has 0 heterocycles. The third kappa shape index (κ3) is 4.61. The van der Waals surface area contributed by atoms with E-state index in [0.717, 1.165) is 25.7 Å². The van der Waals surface area contributed by atoms with Gasteiger partial charge >= 0.3 is 5.97 Å². The van der Waals surface area contributed by atoms with Crippen molar-refractivity contribution in [2.75, 3.05) is 27.9 Å². The van der Waals surface area contributed by atoms with Gasteiger partial charge in [0.25, 0.3) is 0 Å². The Morgan fingerprint density at radius 1 is 1.35 bits per heavy atom. The Bertz CT molecular complexity index is 235. The molecule has 1 fully saturated rings. The zero-order valence-corrected chi connectivity index (χ0v) is 10.9. The molecule has 100 valence electrons. The van der Waals surface area contributed by atoms with E-state index < -0.39 is 0 Å². The molecular weight excluding hydrogens is 222 g/mol. The van der Waals surface area contributed by atoms with Crippen LogP contribution in [0.25, 0.3) is 0 Å². The molecule has 1 aliphatic carbocycles. The Balaban J connectivity index is 2.30. The van der Waals surface area contributed by atoms with Crippen molar-refractivity contribution in [1.82, 2.24) is 5.32 Å². The minimum Gasteiger partial charge on any atom is -0.468 e. The second-order valence-corrected chi connectivity index (χ2v) is 4.34. The van der Waals surface area contributed by atoms with Crippen molar-refractivity contribution in [3.05, 3.63) is 0 Å². The topological polar surface area (TPSA) is 56.8 Å². The molecule has 0 aliphatic heterocycles. The van der Waals surface area contributed by atoms with Gasteiger partial charge in [-0.25, -0.2) is 0 Å². The predicted molar refractivity (Wildman–Crippen MR) is 63.9 cm³/mol. The molecule has 1 N–H and O–H groups in total. The van der Waals surface area contributed by atoms with Crippen molar-refractivity contribution in [1.29, 1.82) is 0 Å². The number of likely N-dealkylation sites (N-methyl/N-ethyl adjacent to an activating group) is 1. The smallest absolute Gasteiger partial charge is 0.325 e. The first-order chi connectivity index (χ1) is 8.21. The van der Waals surface area contributed by atoms with Crippen LogP contribution in [0, 0.1) is 0 Å². The lowest BCUT2D eigenvalue weighted by atomic mass is 9.95. The fourth-order valence-electron chi connectivity index (χ4n) is 2.11. The Hall–Kier alpha value is -0.650. The number of carbonyl (C=O) groups is 1. The van der Waals surface area contributed by atoms with Crippen LogP contribution in [0.15, 0.2) is 0 Å². The summed E-state index contributed by atoms with van der Waals surface area (Å²) in [6.07, 6.45) is 4.65. The summed E-state index contributed by atoms with van der Waals surface area (Å²) in [5, 5.41) is 2.89. The molecule has 0 saturated heterocycles. The van der Waals surface area contributed by atoms with Gasteiger partial charge in [-0.2, -0.15) is 0 Å². The van der Waals surface area contributed by atoms with Crippen LogP contribution in [0.3, 0.4) is 0 Å². The van der Waals surface area contributed by atoms with Gasteiger partial charge in [0.15, 0.2) is 0 Å². The van der Waals surface area contributed by atoms with E-state index in [1.54, 1.807) is 14.2 Å². The highest BCUT2D eigenvalue weighted by atomic mass is 16.5. The van der Waals surface area contributed by atoms with Crippen LogP contribution in [-0.2, 0) is 19.0 Å². The fraction of sp³-hybridized carbons (Fsp3) is 0.917.